The van der Waals surface area contributed by atoms with Gasteiger partial charge < -0.3 is 4.74 Å². The summed E-state index contributed by atoms with van der Waals surface area (Å²) in [5.41, 5.74) is 1.92. The molecule has 0 unspecified atom stereocenters. The van der Waals surface area contributed by atoms with Crippen molar-refractivity contribution in [3.8, 4) is 0 Å². The van der Waals surface area contributed by atoms with E-state index in [0.717, 1.165) is 17.5 Å². The average molecular weight is 301 g/mol. The topological polar surface area (TPSA) is 66.1 Å². The molecule has 0 amide bonds. The number of nitrogens with zero attached hydrogens (tertiary/aromatic N) is 3. The van der Waals surface area contributed by atoms with Gasteiger partial charge in [0, 0.05) is 6.42 Å². The minimum Gasteiger partial charge on any atom is -0.467 e. The second kappa shape index (κ2) is 5.79. The summed E-state index contributed by atoms with van der Waals surface area (Å²) in [4.78, 5) is 24.5. The molecule has 0 saturated heterocycles. The first-order chi connectivity index (χ1) is 10.6. The van der Waals surface area contributed by atoms with E-state index in [1.807, 2.05) is 31.2 Å². The van der Waals surface area contributed by atoms with Crippen LogP contribution in [-0.4, -0.2) is 27.4 Å². The molecule has 1 aliphatic rings. The smallest absolute Gasteiger partial charge is 0.347 e. The van der Waals surface area contributed by atoms with E-state index in [9.17, 15) is 9.59 Å². The van der Waals surface area contributed by atoms with Crippen molar-refractivity contribution in [2.45, 2.75) is 38.8 Å². The van der Waals surface area contributed by atoms with E-state index in [1.54, 1.807) is 0 Å². The molecule has 6 nitrogen and oxygen atoms in total. The molecular weight excluding hydrogens is 282 g/mol. The molecule has 0 aliphatic carbocycles. The van der Waals surface area contributed by atoms with Gasteiger partial charge in [-0.3, -0.25) is 4.57 Å². The quantitative estimate of drug-likeness (QED) is 0.805. The first-order valence-corrected chi connectivity index (χ1v) is 7.42. The van der Waals surface area contributed by atoms with Gasteiger partial charge in [0.2, 0.25) is 0 Å². The third-order valence-electron chi connectivity index (χ3n) is 4.19. The lowest BCUT2D eigenvalue weighted by molar-refractivity contribution is -0.145. The maximum atomic E-state index is 12.6. The van der Waals surface area contributed by atoms with Gasteiger partial charge in [0.1, 0.15) is 11.9 Å². The van der Waals surface area contributed by atoms with Gasteiger partial charge in [0.15, 0.2) is 0 Å². The minimum atomic E-state index is -0.549. The molecule has 22 heavy (non-hydrogen) atoms. The van der Waals surface area contributed by atoms with E-state index in [0.29, 0.717) is 25.2 Å². The Bertz CT molecular complexity index is 760. The van der Waals surface area contributed by atoms with Gasteiger partial charge in [-0.25, -0.2) is 14.3 Å². The van der Waals surface area contributed by atoms with Gasteiger partial charge in [-0.2, -0.15) is 5.10 Å². The Morgan fingerprint density at radius 2 is 2.18 bits per heavy atom. The summed E-state index contributed by atoms with van der Waals surface area (Å²) in [5, 5.41) is 4.41. The van der Waals surface area contributed by atoms with Crippen molar-refractivity contribution in [2.24, 2.45) is 0 Å². The van der Waals surface area contributed by atoms with Crippen molar-refractivity contribution >= 4 is 5.97 Å². The molecular formula is C16H19N3O3. The predicted molar refractivity (Wildman–Crippen MR) is 80.8 cm³/mol. The molecule has 0 radical (unpaired) electrons. The second-order valence-corrected chi connectivity index (χ2v) is 5.58. The summed E-state index contributed by atoms with van der Waals surface area (Å²) in [6.07, 6.45) is 2.17. The molecule has 0 fully saturated rings. The Labute approximate surface area is 128 Å². The van der Waals surface area contributed by atoms with E-state index >= 15 is 0 Å². The van der Waals surface area contributed by atoms with E-state index in [4.69, 9.17) is 4.74 Å². The highest BCUT2D eigenvalue weighted by atomic mass is 16.5. The van der Waals surface area contributed by atoms with Gasteiger partial charge in [-0.1, -0.05) is 24.3 Å². The standard InChI is InChI=1S/C16H19N3O3/c1-11-6-3-4-7-12(11)10-18-16(21)19-13(15(20)22-2)8-5-9-14(19)17-18/h3-4,6-7,13H,5,8-10H2,1-2H3/t13-/m1/s1. The van der Waals surface area contributed by atoms with Crippen LogP contribution in [0.5, 0.6) is 0 Å². The second-order valence-electron chi connectivity index (χ2n) is 5.58. The van der Waals surface area contributed by atoms with Crippen LogP contribution in [0.15, 0.2) is 29.1 Å². The lowest BCUT2D eigenvalue weighted by Crippen LogP contribution is -2.35. The number of aromatic nitrogens is 3. The fraction of sp³-hybridized carbons (Fsp3) is 0.438. The SMILES string of the molecule is COC(=O)[C@H]1CCCc2nn(Cc3ccccc3C)c(=O)n21. The normalized spacial score (nSPS) is 17.1. The summed E-state index contributed by atoms with van der Waals surface area (Å²) >= 11 is 0. The monoisotopic (exact) mass is 301 g/mol. The van der Waals surface area contributed by atoms with Gasteiger partial charge in [0.25, 0.3) is 0 Å². The highest BCUT2D eigenvalue weighted by Gasteiger charge is 2.31. The summed E-state index contributed by atoms with van der Waals surface area (Å²) in [7, 11) is 1.35. The van der Waals surface area contributed by atoms with Crippen molar-refractivity contribution in [2.75, 3.05) is 7.11 Å². The predicted octanol–water partition coefficient (Wildman–Crippen LogP) is 1.45. The van der Waals surface area contributed by atoms with Gasteiger partial charge in [0.05, 0.1) is 13.7 Å². The van der Waals surface area contributed by atoms with Crippen LogP contribution in [0.3, 0.4) is 0 Å². The molecule has 2 heterocycles. The number of fused-ring (bicyclic) bond motifs is 1. The number of methoxy groups -OCH3 is 1. The van der Waals surface area contributed by atoms with Gasteiger partial charge >= 0.3 is 11.7 Å². The molecule has 0 spiro atoms. The number of aryl methyl sites for hydroxylation is 2. The van der Waals surface area contributed by atoms with Crippen LogP contribution in [0.4, 0.5) is 0 Å². The molecule has 6 heteroatoms. The van der Waals surface area contributed by atoms with Crippen molar-refractivity contribution in [3.05, 3.63) is 51.7 Å². The molecule has 1 aliphatic heterocycles. The fourth-order valence-corrected chi connectivity index (χ4v) is 2.94. The molecule has 116 valence electrons. The Balaban J connectivity index is 1.99. The van der Waals surface area contributed by atoms with Crippen molar-refractivity contribution in [3.63, 3.8) is 0 Å². The van der Waals surface area contributed by atoms with E-state index in [1.165, 1.54) is 16.4 Å². The Morgan fingerprint density at radius 1 is 1.41 bits per heavy atom. The van der Waals surface area contributed by atoms with E-state index < -0.39 is 6.04 Å². The zero-order valence-electron chi connectivity index (χ0n) is 12.8. The number of rotatable bonds is 3. The van der Waals surface area contributed by atoms with Gasteiger partial charge in [-0.05, 0) is 30.9 Å². The minimum absolute atomic E-state index is 0.242. The summed E-state index contributed by atoms with van der Waals surface area (Å²) in [5.74, 6) is 0.290. The largest absolute Gasteiger partial charge is 0.467 e. The first kappa shape index (κ1) is 14.6. The summed E-state index contributed by atoms with van der Waals surface area (Å²) < 4.78 is 7.75. The Morgan fingerprint density at radius 3 is 2.91 bits per heavy atom. The third-order valence-corrected chi connectivity index (χ3v) is 4.19. The van der Waals surface area contributed by atoms with Crippen LogP contribution < -0.4 is 5.69 Å². The van der Waals surface area contributed by atoms with Crippen molar-refractivity contribution in [1.29, 1.82) is 0 Å². The fourth-order valence-electron chi connectivity index (χ4n) is 2.94. The lowest BCUT2D eigenvalue weighted by atomic mass is 10.1. The molecule has 0 saturated carbocycles. The number of hydrogen-bond donors (Lipinski definition) is 0. The van der Waals surface area contributed by atoms with E-state index in [-0.39, 0.29) is 11.7 Å². The number of hydrogen-bond acceptors (Lipinski definition) is 4. The number of carbonyl (C=O) groups is 1. The van der Waals surface area contributed by atoms with E-state index in [2.05, 4.69) is 5.10 Å². The Kier molecular flexibility index (Phi) is 3.83. The number of ether oxygens (including phenoxy) is 1. The maximum absolute atomic E-state index is 12.6. The highest BCUT2D eigenvalue weighted by Crippen LogP contribution is 2.23. The molecule has 1 aromatic heterocycles. The lowest BCUT2D eigenvalue weighted by Gasteiger charge is -2.20. The molecule has 0 bridgehead atoms. The van der Waals surface area contributed by atoms with Crippen LogP contribution in [0.25, 0.3) is 0 Å². The molecule has 3 rings (SSSR count). The molecule has 0 N–H and O–H groups in total. The van der Waals surface area contributed by atoms with Crippen molar-refractivity contribution in [1.82, 2.24) is 14.3 Å². The highest BCUT2D eigenvalue weighted by molar-refractivity contribution is 5.74. The number of esters is 1. The average Bonchev–Trinajstić information content (AvgIpc) is 2.85. The molecule has 1 atom stereocenters. The van der Waals surface area contributed by atoms with Crippen LogP contribution in [0.1, 0.15) is 35.8 Å². The first-order valence-electron chi connectivity index (χ1n) is 7.42. The Hall–Kier alpha value is -2.37. The molecule has 2 aromatic rings. The van der Waals surface area contributed by atoms with Crippen LogP contribution >= 0.6 is 0 Å². The van der Waals surface area contributed by atoms with Crippen LogP contribution in [0, 0.1) is 6.92 Å². The van der Waals surface area contributed by atoms with Crippen LogP contribution in [0.2, 0.25) is 0 Å². The summed E-state index contributed by atoms with van der Waals surface area (Å²) in [6, 6.07) is 7.35. The number of benzene rings is 1. The third kappa shape index (κ3) is 2.45. The maximum Gasteiger partial charge on any atom is 0.347 e. The zero-order chi connectivity index (χ0) is 15.7. The number of carbonyl (C=O) groups excluding carboxylic acids is 1. The molecule has 1 aromatic carbocycles. The summed E-state index contributed by atoms with van der Waals surface area (Å²) in [6.45, 7) is 2.42. The van der Waals surface area contributed by atoms with Crippen molar-refractivity contribution < 1.29 is 9.53 Å². The van der Waals surface area contributed by atoms with Gasteiger partial charge in [-0.15, -0.1) is 0 Å². The van der Waals surface area contributed by atoms with Crippen LogP contribution in [-0.2, 0) is 22.5 Å². The zero-order valence-corrected chi connectivity index (χ0v) is 12.8.